The Morgan fingerprint density at radius 2 is 1.25 bits per heavy atom. The molecule has 0 saturated heterocycles. The molecule has 0 bridgehead atoms. The summed E-state index contributed by atoms with van der Waals surface area (Å²) in [5.41, 5.74) is -1.74. The molecule has 40 heavy (non-hydrogen) atoms. The van der Waals surface area contributed by atoms with Gasteiger partial charge in [-0.15, -0.1) is 0 Å². The molecular formula is C31H23BrO8. The van der Waals surface area contributed by atoms with E-state index in [1.807, 2.05) is 0 Å². The average Bonchev–Trinajstić information content (AvgIpc) is 2.98. The maximum atomic E-state index is 14.0. The van der Waals surface area contributed by atoms with Gasteiger partial charge in [-0.05, 0) is 30.7 Å². The number of carbonyl (C=O) groups is 4. The van der Waals surface area contributed by atoms with Crippen LogP contribution in [0.4, 0.5) is 0 Å². The summed E-state index contributed by atoms with van der Waals surface area (Å²) >= 11 is 3.30. The molecule has 0 aliphatic heterocycles. The molecule has 0 radical (unpaired) electrons. The van der Waals surface area contributed by atoms with Gasteiger partial charge >= 0.3 is 11.9 Å². The van der Waals surface area contributed by atoms with E-state index in [2.05, 4.69) is 15.9 Å². The lowest BCUT2D eigenvalue weighted by Gasteiger charge is -2.20. The van der Waals surface area contributed by atoms with E-state index in [1.54, 1.807) is 55.5 Å². The number of rotatable bonds is 9. The number of hydrogen-bond acceptors (Lipinski definition) is 8. The number of benzene rings is 4. The summed E-state index contributed by atoms with van der Waals surface area (Å²) in [5.74, 6) is -6.71. The molecule has 0 aliphatic rings. The number of carbonyl (C=O) groups excluding carboxylic acids is 4. The van der Waals surface area contributed by atoms with Crippen molar-refractivity contribution in [1.82, 2.24) is 0 Å². The monoisotopic (exact) mass is 602 g/mol. The fourth-order valence-electron chi connectivity index (χ4n) is 3.94. The lowest BCUT2D eigenvalue weighted by Crippen LogP contribution is -2.21. The van der Waals surface area contributed by atoms with E-state index in [0.717, 1.165) is 0 Å². The highest BCUT2D eigenvalue weighted by Gasteiger charge is 2.37. The number of phenols is 2. The maximum Gasteiger partial charge on any atom is 0.343 e. The summed E-state index contributed by atoms with van der Waals surface area (Å²) in [6, 6.07) is 21.6. The molecule has 0 aromatic heterocycles. The van der Waals surface area contributed by atoms with Crippen LogP contribution in [0.15, 0.2) is 89.4 Å². The van der Waals surface area contributed by atoms with Crippen LogP contribution in [0.25, 0.3) is 0 Å². The molecule has 0 spiro atoms. The van der Waals surface area contributed by atoms with Crippen molar-refractivity contribution in [2.75, 3.05) is 6.61 Å². The summed E-state index contributed by atoms with van der Waals surface area (Å²) in [6.45, 7) is 1.68. The van der Waals surface area contributed by atoms with Crippen LogP contribution in [0.3, 0.4) is 0 Å². The second-order valence-corrected chi connectivity index (χ2v) is 9.49. The lowest BCUT2D eigenvalue weighted by molar-refractivity contribution is 0.0496. The number of phenolic OH excluding ortho intramolecular Hbond substituents is 2. The van der Waals surface area contributed by atoms with Gasteiger partial charge in [-0.3, -0.25) is 9.59 Å². The van der Waals surface area contributed by atoms with Crippen LogP contribution >= 0.6 is 15.9 Å². The van der Waals surface area contributed by atoms with Crippen LogP contribution in [-0.2, 0) is 4.74 Å². The molecule has 4 aromatic carbocycles. The molecule has 9 heteroatoms. The highest BCUT2D eigenvalue weighted by Crippen LogP contribution is 2.46. The van der Waals surface area contributed by atoms with E-state index < -0.39 is 57.4 Å². The molecular weight excluding hydrogens is 580 g/mol. The standard InChI is InChI=1S/C31H23BrO8/c1-2-16-39-31(38)22-23(25(33)18-10-5-3-6-11-18)27(35)28(36)29(40-30(37)19-12-7-4-8-13-19)24(22)26(34)20-14-9-15-21(32)17-20/h3-15,17,35-36H,2,16H2,1H3. The molecule has 4 aromatic rings. The third-order valence-electron chi connectivity index (χ3n) is 5.83. The quantitative estimate of drug-likeness (QED) is 0.102. The Morgan fingerprint density at radius 3 is 1.85 bits per heavy atom. The summed E-state index contributed by atoms with van der Waals surface area (Å²) in [7, 11) is 0. The summed E-state index contributed by atoms with van der Waals surface area (Å²) < 4.78 is 11.3. The number of halogens is 1. The smallest absolute Gasteiger partial charge is 0.343 e. The number of ketones is 2. The van der Waals surface area contributed by atoms with Gasteiger partial charge in [0.1, 0.15) is 0 Å². The van der Waals surface area contributed by atoms with Gasteiger partial charge in [0, 0.05) is 15.6 Å². The van der Waals surface area contributed by atoms with Gasteiger partial charge in [-0.2, -0.15) is 0 Å². The number of esters is 2. The van der Waals surface area contributed by atoms with E-state index in [-0.39, 0.29) is 23.3 Å². The average molecular weight is 603 g/mol. The van der Waals surface area contributed by atoms with E-state index in [4.69, 9.17) is 9.47 Å². The van der Waals surface area contributed by atoms with E-state index >= 15 is 0 Å². The first-order valence-corrected chi connectivity index (χ1v) is 13.0. The molecule has 202 valence electrons. The van der Waals surface area contributed by atoms with Crippen molar-refractivity contribution in [2.24, 2.45) is 0 Å². The maximum absolute atomic E-state index is 14.0. The number of ether oxygens (including phenoxy) is 2. The molecule has 0 amide bonds. The predicted octanol–water partition coefficient (Wildman–Crippen LogP) is 6.11. The van der Waals surface area contributed by atoms with Crippen molar-refractivity contribution in [1.29, 1.82) is 0 Å². The van der Waals surface area contributed by atoms with E-state index in [1.165, 1.54) is 36.4 Å². The SMILES string of the molecule is CCCOC(=O)c1c(C(=O)c2ccccc2)c(O)c(O)c(OC(=O)c2ccccc2)c1C(=O)c1cccc(Br)c1. The second-order valence-electron chi connectivity index (χ2n) is 8.58. The summed E-state index contributed by atoms with van der Waals surface area (Å²) in [5, 5.41) is 22.2. The Balaban J connectivity index is 2.05. The highest BCUT2D eigenvalue weighted by molar-refractivity contribution is 9.10. The normalized spacial score (nSPS) is 10.6. The molecule has 0 atom stereocenters. The summed E-state index contributed by atoms with van der Waals surface area (Å²) in [6.07, 6.45) is 0.419. The second kappa shape index (κ2) is 12.4. The fraction of sp³-hybridized carbons (Fsp3) is 0.0968. The van der Waals surface area contributed by atoms with Gasteiger partial charge in [0.15, 0.2) is 23.1 Å². The molecule has 0 aliphatic carbocycles. The molecule has 2 N–H and O–H groups in total. The zero-order chi connectivity index (χ0) is 28.8. The van der Waals surface area contributed by atoms with Gasteiger partial charge < -0.3 is 19.7 Å². The van der Waals surface area contributed by atoms with Crippen molar-refractivity contribution < 1.29 is 38.9 Å². The molecule has 0 heterocycles. The first kappa shape index (κ1) is 28.3. The van der Waals surface area contributed by atoms with Crippen LogP contribution in [0.1, 0.15) is 65.9 Å². The largest absolute Gasteiger partial charge is 0.504 e. The minimum absolute atomic E-state index is 0.0409. The van der Waals surface area contributed by atoms with Crippen LogP contribution in [0, 0.1) is 0 Å². The topological polar surface area (TPSA) is 127 Å². The van der Waals surface area contributed by atoms with Gasteiger partial charge in [0.2, 0.25) is 5.75 Å². The zero-order valence-electron chi connectivity index (χ0n) is 21.2. The third-order valence-corrected chi connectivity index (χ3v) is 6.32. The van der Waals surface area contributed by atoms with E-state index in [9.17, 15) is 29.4 Å². The molecule has 0 fully saturated rings. The van der Waals surface area contributed by atoms with Crippen LogP contribution < -0.4 is 4.74 Å². The minimum atomic E-state index is -1.12. The molecule has 4 rings (SSSR count). The molecule has 8 nitrogen and oxygen atoms in total. The Labute approximate surface area is 237 Å². The van der Waals surface area contributed by atoms with Crippen LogP contribution in [0.2, 0.25) is 0 Å². The van der Waals surface area contributed by atoms with Crippen molar-refractivity contribution in [3.63, 3.8) is 0 Å². The predicted molar refractivity (Wildman–Crippen MR) is 149 cm³/mol. The fourth-order valence-corrected chi connectivity index (χ4v) is 4.34. The minimum Gasteiger partial charge on any atom is -0.504 e. The van der Waals surface area contributed by atoms with Gasteiger partial charge in [-0.1, -0.05) is 83.5 Å². The van der Waals surface area contributed by atoms with Gasteiger partial charge in [0.25, 0.3) is 0 Å². The Morgan fingerprint density at radius 1 is 0.675 bits per heavy atom. The first-order chi connectivity index (χ1) is 19.2. The van der Waals surface area contributed by atoms with Gasteiger partial charge in [0.05, 0.1) is 28.9 Å². The highest BCUT2D eigenvalue weighted by atomic mass is 79.9. The molecule has 0 unspecified atom stereocenters. The van der Waals surface area contributed by atoms with Crippen molar-refractivity contribution in [3.05, 3.63) is 123 Å². The Kier molecular flexibility index (Phi) is 8.76. The Bertz CT molecular complexity index is 1600. The summed E-state index contributed by atoms with van der Waals surface area (Å²) in [4.78, 5) is 54.1. The number of hydrogen-bond donors (Lipinski definition) is 2. The van der Waals surface area contributed by atoms with E-state index in [0.29, 0.717) is 10.9 Å². The van der Waals surface area contributed by atoms with Gasteiger partial charge in [-0.25, -0.2) is 9.59 Å². The Hall–Kier alpha value is -4.76. The third kappa shape index (κ3) is 5.79. The molecule has 0 saturated carbocycles. The number of aromatic hydroxyl groups is 2. The van der Waals surface area contributed by atoms with Crippen LogP contribution in [0.5, 0.6) is 17.2 Å². The van der Waals surface area contributed by atoms with Crippen molar-refractivity contribution in [2.45, 2.75) is 13.3 Å². The first-order valence-electron chi connectivity index (χ1n) is 12.2. The van der Waals surface area contributed by atoms with Crippen molar-refractivity contribution >= 4 is 39.4 Å². The zero-order valence-corrected chi connectivity index (χ0v) is 22.8. The lowest BCUT2D eigenvalue weighted by atomic mass is 9.88. The van der Waals surface area contributed by atoms with Crippen LogP contribution in [-0.4, -0.2) is 40.3 Å². The van der Waals surface area contributed by atoms with Crippen molar-refractivity contribution in [3.8, 4) is 17.2 Å².